The molecule has 0 aliphatic rings. The van der Waals surface area contributed by atoms with Crippen molar-refractivity contribution in [3.05, 3.63) is 20.8 Å². The summed E-state index contributed by atoms with van der Waals surface area (Å²) in [7, 11) is -1.73. The molecule has 0 aromatic carbocycles. The maximum absolute atomic E-state index is 12.3. The van der Waals surface area contributed by atoms with Crippen LogP contribution < -0.4 is 26.6 Å². The van der Waals surface area contributed by atoms with Crippen LogP contribution in [0.5, 0.6) is 0 Å². The lowest BCUT2D eigenvalue weighted by Gasteiger charge is -2.26. The third-order valence-corrected chi connectivity index (χ3v) is 4.53. The first-order chi connectivity index (χ1) is 12.2. The monoisotopic (exact) mass is 391 g/mol. The van der Waals surface area contributed by atoms with E-state index in [-0.39, 0.29) is 18.1 Å². The predicted molar refractivity (Wildman–Crippen MR) is 102 cm³/mol. The zero-order valence-electron chi connectivity index (χ0n) is 15.6. The van der Waals surface area contributed by atoms with Gasteiger partial charge in [0.15, 0.2) is 0 Å². The van der Waals surface area contributed by atoms with Crippen molar-refractivity contribution in [3.8, 4) is 0 Å². The molecule has 0 bridgehead atoms. The fourth-order valence-corrected chi connectivity index (χ4v) is 3.00. The van der Waals surface area contributed by atoms with Gasteiger partial charge < -0.3 is 15.4 Å². The second kappa shape index (κ2) is 10.3. The number of nitrogens with zero attached hydrogens (tertiary/aromatic N) is 2. The minimum absolute atomic E-state index is 0.111. The van der Waals surface area contributed by atoms with Gasteiger partial charge in [-0.1, -0.05) is 13.3 Å². The molecule has 1 aromatic rings. The van der Waals surface area contributed by atoms with Gasteiger partial charge in [0.05, 0.1) is 12.9 Å². The standard InChI is InChI=1S/C15H29N5O5S/c1-4-5-9-20-13(16)12(14(21)18-15(20)22)19(10-11-25-2)8-6-7-17-26(3,23)24/h17H,4-11,16H2,1-3H3,(H,18,21,22). The summed E-state index contributed by atoms with van der Waals surface area (Å²) < 4.78 is 31.1. The van der Waals surface area contributed by atoms with Gasteiger partial charge in [-0.25, -0.2) is 17.9 Å². The second-order valence-electron chi connectivity index (χ2n) is 6.00. The van der Waals surface area contributed by atoms with E-state index >= 15 is 0 Å². The Morgan fingerprint density at radius 2 is 1.96 bits per heavy atom. The first kappa shape index (κ1) is 22.2. The van der Waals surface area contributed by atoms with Crippen LogP contribution in [0.3, 0.4) is 0 Å². The average Bonchev–Trinajstić information content (AvgIpc) is 2.54. The quantitative estimate of drug-likeness (QED) is 0.401. The first-order valence-corrected chi connectivity index (χ1v) is 10.4. The number of aromatic amines is 1. The fraction of sp³-hybridized carbons (Fsp3) is 0.733. The molecule has 1 rings (SSSR count). The van der Waals surface area contributed by atoms with E-state index in [1.165, 1.54) is 4.57 Å². The van der Waals surface area contributed by atoms with Crippen molar-refractivity contribution in [1.82, 2.24) is 14.3 Å². The molecule has 0 spiro atoms. The smallest absolute Gasteiger partial charge is 0.330 e. The number of nitrogen functional groups attached to an aromatic ring is 1. The number of rotatable bonds is 12. The number of hydrogen-bond donors (Lipinski definition) is 3. The Morgan fingerprint density at radius 3 is 2.54 bits per heavy atom. The van der Waals surface area contributed by atoms with Crippen LogP contribution in [0.2, 0.25) is 0 Å². The molecule has 0 amide bonds. The van der Waals surface area contributed by atoms with Crippen molar-refractivity contribution in [1.29, 1.82) is 0 Å². The number of nitrogens with two attached hydrogens (primary N) is 1. The molecular formula is C15H29N5O5S. The van der Waals surface area contributed by atoms with Crippen molar-refractivity contribution in [2.75, 3.05) is 50.2 Å². The lowest BCUT2D eigenvalue weighted by molar-refractivity contribution is 0.205. The molecule has 0 radical (unpaired) electrons. The molecule has 0 unspecified atom stereocenters. The molecule has 10 nitrogen and oxygen atoms in total. The van der Waals surface area contributed by atoms with Gasteiger partial charge in [0.1, 0.15) is 11.5 Å². The normalized spacial score (nSPS) is 11.7. The van der Waals surface area contributed by atoms with Gasteiger partial charge in [-0.15, -0.1) is 0 Å². The molecule has 0 aliphatic carbocycles. The van der Waals surface area contributed by atoms with Crippen LogP contribution >= 0.6 is 0 Å². The van der Waals surface area contributed by atoms with E-state index < -0.39 is 21.3 Å². The maximum atomic E-state index is 12.3. The van der Waals surface area contributed by atoms with Gasteiger partial charge in [-0.3, -0.25) is 14.3 Å². The summed E-state index contributed by atoms with van der Waals surface area (Å²) in [6, 6.07) is 0. The number of hydrogen-bond acceptors (Lipinski definition) is 7. The number of ether oxygens (including phenoxy) is 1. The average molecular weight is 391 g/mol. The number of anilines is 2. The zero-order chi connectivity index (χ0) is 19.7. The largest absolute Gasteiger partial charge is 0.383 e. The molecular weight excluding hydrogens is 362 g/mol. The van der Waals surface area contributed by atoms with Gasteiger partial charge in [0.25, 0.3) is 5.56 Å². The Bertz CT molecular complexity index is 787. The molecule has 1 heterocycles. The Balaban J connectivity index is 3.08. The SMILES string of the molecule is CCCCn1c(N)c(N(CCCNS(C)(=O)=O)CCOC)c(=O)[nH]c1=O. The number of aromatic nitrogens is 2. The highest BCUT2D eigenvalue weighted by Gasteiger charge is 2.18. The molecule has 0 aliphatic heterocycles. The molecule has 26 heavy (non-hydrogen) atoms. The Kier molecular flexibility index (Phi) is 8.82. The van der Waals surface area contributed by atoms with Crippen molar-refractivity contribution < 1.29 is 13.2 Å². The van der Waals surface area contributed by atoms with Gasteiger partial charge in [0.2, 0.25) is 10.0 Å². The first-order valence-electron chi connectivity index (χ1n) is 8.52. The van der Waals surface area contributed by atoms with E-state index in [2.05, 4.69) is 9.71 Å². The van der Waals surface area contributed by atoms with Crippen LogP contribution in [-0.4, -0.2) is 57.6 Å². The lowest BCUT2D eigenvalue weighted by atomic mass is 10.3. The molecule has 1 aromatic heterocycles. The molecule has 0 saturated carbocycles. The van der Waals surface area contributed by atoms with Crippen molar-refractivity contribution >= 4 is 21.5 Å². The summed E-state index contributed by atoms with van der Waals surface area (Å²) in [5.74, 6) is 0.111. The minimum atomic E-state index is -3.27. The van der Waals surface area contributed by atoms with Crippen LogP contribution in [0.15, 0.2) is 9.59 Å². The topological polar surface area (TPSA) is 140 Å². The van der Waals surface area contributed by atoms with E-state index in [9.17, 15) is 18.0 Å². The molecule has 0 saturated heterocycles. The Morgan fingerprint density at radius 1 is 1.27 bits per heavy atom. The Labute approximate surface area is 153 Å². The molecule has 150 valence electrons. The van der Waals surface area contributed by atoms with Crippen molar-refractivity contribution in [3.63, 3.8) is 0 Å². The highest BCUT2D eigenvalue weighted by molar-refractivity contribution is 7.88. The van der Waals surface area contributed by atoms with Crippen LogP contribution in [-0.2, 0) is 21.3 Å². The fourth-order valence-electron chi connectivity index (χ4n) is 2.49. The summed E-state index contributed by atoms with van der Waals surface area (Å²) in [4.78, 5) is 28.4. The van der Waals surface area contributed by atoms with Crippen molar-refractivity contribution in [2.45, 2.75) is 32.7 Å². The third kappa shape index (κ3) is 6.81. The van der Waals surface area contributed by atoms with E-state index in [0.29, 0.717) is 32.7 Å². The van der Waals surface area contributed by atoms with Gasteiger partial charge in [-0.2, -0.15) is 0 Å². The molecule has 11 heteroatoms. The molecule has 0 fully saturated rings. The number of nitrogens with one attached hydrogen (secondary N) is 2. The lowest BCUT2D eigenvalue weighted by Crippen LogP contribution is -2.40. The van der Waals surface area contributed by atoms with Crippen LogP contribution in [0.4, 0.5) is 11.5 Å². The number of H-pyrrole nitrogens is 1. The summed E-state index contributed by atoms with van der Waals surface area (Å²) >= 11 is 0. The second-order valence-corrected chi connectivity index (χ2v) is 7.83. The summed E-state index contributed by atoms with van der Waals surface area (Å²) in [6.07, 6.45) is 3.18. The summed E-state index contributed by atoms with van der Waals surface area (Å²) in [6.45, 7) is 3.76. The van der Waals surface area contributed by atoms with Crippen molar-refractivity contribution in [2.24, 2.45) is 0 Å². The highest BCUT2D eigenvalue weighted by Crippen LogP contribution is 2.17. The zero-order valence-corrected chi connectivity index (χ0v) is 16.4. The maximum Gasteiger partial charge on any atom is 0.330 e. The molecule has 0 atom stereocenters. The minimum Gasteiger partial charge on any atom is -0.383 e. The van der Waals surface area contributed by atoms with E-state index in [1.807, 2.05) is 6.92 Å². The van der Waals surface area contributed by atoms with Crippen LogP contribution in [0, 0.1) is 0 Å². The Hall–Kier alpha value is -1.85. The van der Waals surface area contributed by atoms with Crippen LogP contribution in [0.25, 0.3) is 0 Å². The van der Waals surface area contributed by atoms with E-state index in [4.69, 9.17) is 10.5 Å². The third-order valence-electron chi connectivity index (χ3n) is 3.80. The van der Waals surface area contributed by atoms with Gasteiger partial charge in [0, 0.05) is 33.3 Å². The summed E-state index contributed by atoms with van der Waals surface area (Å²) in [5.41, 5.74) is 5.23. The van der Waals surface area contributed by atoms with Gasteiger partial charge in [-0.05, 0) is 12.8 Å². The highest BCUT2D eigenvalue weighted by atomic mass is 32.2. The van der Waals surface area contributed by atoms with Gasteiger partial charge >= 0.3 is 5.69 Å². The number of unbranched alkanes of at least 4 members (excludes halogenated alkanes) is 1. The van der Waals surface area contributed by atoms with E-state index in [0.717, 1.165) is 19.1 Å². The number of sulfonamides is 1. The predicted octanol–water partition coefficient (Wildman–Crippen LogP) is -0.689. The van der Waals surface area contributed by atoms with Crippen LogP contribution in [0.1, 0.15) is 26.2 Å². The molecule has 4 N–H and O–H groups in total. The summed E-state index contributed by atoms with van der Waals surface area (Å²) in [5, 5.41) is 0. The number of methoxy groups -OCH3 is 1. The van der Waals surface area contributed by atoms with E-state index in [1.54, 1.807) is 12.0 Å².